The van der Waals surface area contributed by atoms with Crippen molar-refractivity contribution in [3.63, 3.8) is 0 Å². The molecule has 1 saturated carbocycles. The van der Waals surface area contributed by atoms with Gasteiger partial charge in [-0.1, -0.05) is 6.92 Å². The number of carboxylic acid groups (broad SMARTS) is 2. The molecule has 4 heteroatoms. The Kier molecular flexibility index (Phi) is 2.35. The predicted molar refractivity (Wildman–Crippen MR) is 40.6 cm³/mol. The van der Waals surface area contributed by atoms with Gasteiger partial charge in [0.2, 0.25) is 0 Å². The third kappa shape index (κ3) is 1.42. The van der Waals surface area contributed by atoms with Gasteiger partial charge in [0, 0.05) is 0 Å². The van der Waals surface area contributed by atoms with Gasteiger partial charge in [-0.3, -0.25) is 9.59 Å². The number of rotatable bonds is 2. The Balaban J connectivity index is 2.77. The van der Waals surface area contributed by atoms with Crippen molar-refractivity contribution in [1.82, 2.24) is 0 Å². The standard InChI is InChI=1S/C8H12O4/c1-4-2-3-5(7(9)10)6(4)8(11)12/h4-6H,2-3H2,1H3,(H,9,10)(H,11,12)/t4-,5+,6-/m1/s1. The maximum Gasteiger partial charge on any atom is 0.307 e. The van der Waals surface area contributed by atoms with Gasteiger partial charge in [-0.15, -0.1) is 0 Å². The first-order valence-corrected chi connectivity index (χ1v) is 3.99. The summed E-state index contributed by atoms with van der Waals surface area (Å²) in [6.45, 7) is 1.79. The Bertz CT molecular complexity index is 211. The second-order valence-electron chi connectivity index (χ2n) is 3.36. The predicted octanol–water partition coefficient (Wildman–Crippen LogP) is 0.818. The summed E-state index contributed by atoms with van der Waals surface area (Å²) in [5.41, 5.74) is 0. The number of carboxylic acids is 2. The van der Waals surface area contributed by atoms with Crippen LogP contribution in [0.3, 0.4) is 0 Å². The Hall–Kier alpha value is -1.06. The van der Waals surface area contributed by atoms with Crippen molar-refractivity contribution in [3.05, 3.63) is 0 Å². The van der Waals surface area contributed by atoms with E-state index in [1.165, 1.54) is 0 Å². The average Bonchev–Trinajstić information content (AvgIpc) is 2.30. The minimum absolute atomic E-state index is 0.0106. The van der Waals surface area contributed by atoms with Crippen molar-refractivity contribution in [2.24, 2.45) is 17.8 Å². The Morgan fingerprint density at radius 1 is 1.17 bits per heavy atom. The van der Waals surface area contributed by atoms with E-state index in [4.69, 9.17) is 10.2 Å². The third-order valence-electron chi connectivity index (χ3n) is 2.58. The molecule has 1 aliphatic carbocycles. The average molecular weight is 172 g/mol. The van der Waals surface area contributed by atoms with Crippen molar-refractivity contribution < 1.29 is 19.8 Å². The topological polar surface area (TPSA) is 74.6 Å². The van der Waals surface area contributed by atoms with Gasteiger partial charge in [0.05, 0.1) is 11.8 Å². The van der Waals surface area contributed by atoms with Crippen molar-refractivity contribution >= 4 is 11.9 Å². The summed E-state index contributed by atoms with van der Waals surface area (Å²) in [4.78, 5) is 21.3. The fourth-order valence-electron chi connectivity index (χ4n) is 1.89. The Morgan fingerprint density at radius 3 is 2.08 bits per heavy atom. The van der Waals surface area contributed by atoms with E-state index in [0.29, 0.717) is 12.8 Å². The number of carbonyl (C=O) groups is 2. The van der Waals surface area contributed by atoms with Crippen LogP contribution in [0.15, 0.2) is 0 Å². The van der Waals surface area contributed by atoms with Crippen molar-refractivity contribution in [3.8, 4) is 0 Å². The van der Waals surface area contributed by atoms with Crippen molar-refractivity contribution in [1.29, 1.82) is 0 Å². The fraction of sp³-hybridized carbons (Fsp3) is 0.750. The Labute approximate surface area is 70.2 Å². The van der Waals surface area contributed by atoms with Crippen LogP contribution in [0.4, 0.5) is 0 Å². The van der Waals surface area contributed by atoms with Crippen LogP contribution in [-0.4, -0.2) is 22.2 Å². The van der Waals surface area contributed by atoms with Crippen LogP contribution in [0.5, 0.6) is 0 Å². The summed E-state index contributed by atoms with van der Waals surface area (Å²) in [6.07, 6.45) is 1.20. The van der Waals surface area contributed by atoms with Crippen LogP contribution in [0, 0.1) is 17.8 Å². The summed E-state index contributed by atoms with van der Waals surface area (Å²) in [5, 5.41) is 17.4. The van der Waals surface area contributed by atoms with Crippen LogP contribution in [-0.2, 0) is 9.59 Å². The molecule has 1 rings (SSSR count). The minimum atomic E-state index is -0.980. The van der Waals surface area contributed by atoms with Gasteiger partial charge in [0.1, 0.15) is 0 Å². The lowest BCUT2D eigenvalue weighted by Crippen LogP contribution is -2.28. The molecular weight excluding hydrogens is 160 g/mol. The van der Waals surface area contributed by atoms with Gasteiger partial charge in [-0.2, -0.15) is 0 Å². The first kappa shape index (κ1) is 9.03. The molecule has 0 saturated heterocycles. The second-order valence-corrected chi connectivity index (χ2v) is 3.36. The van der Waals surface area contributed by atoms with Crippen molar-refractivity contribution in [2.75, 3.05) is 0 Å². The summed E-state index contributed by atoms with van der Waals surface area (Å²) in [7, 11) is 0. The van der Waals surface area contributed by atoms with Crippen molar-refractivity contribution in [2.45, 2.75) is 19.8 Å². The van der Waals surface area contributed by atoms with Gasteiger partial charge in [-0.05, 0) is 18.8 Å². The monoisotopic (exact) mass is 172 g/mol. The molecule has 0 spiro atoms. The zero-order valence-electron chi connectivity index (χ0n) is 6.86. The quantitative estimate of drug-likeness (QED) is 0.646. The first-order chi connectivity index (χ1) is 5.54. The highest BCUT2D eigenvalue weighted by Gasteiger charge is 2.42. The van der Waals surface area contributed by atoms with Gasteiger partial charge in [-0.25, -0.2) is 0 Å². The molecule has 4 nitrogen and oxygen atoms in total. The fourth-order valence-corrected chi connectivity index (χ4v) is 1.89. The normalized spacial score (nSPS) is 34.9. The lowest BCUT2D eigenvalue weighted by molar-refractivity contribution is -0.153. The van der Waals surface area contributed by atoms with E-state index in [9.17, 15) is 9.59 Å². The molecule has 0 aromatic rings. The lowest BCUT2D eigenvalue weighted by atomic mass is 9.91. The lowest BCUT2D eigenvalue weighted by Gasteiger charge is -2.13. The molecule has 1 fully saturated rings. The van der Waals surface area contributed by atoms with Crippen LogP contribution >= 0.6 is 0 Å². The molecule has 12 heavy (non-hydrogen) atoms. The minimum Gasteiger partial charge on any atom is -0.481 e. The van der Waals surface area contributed by atoms with E-state index in [0.717, 1.165) is 0 Å². The second kappa shape index (κ2) is 3.13. The largest absolute Gasteiger partial charge is 0.481 e. The zero-order chi connectivity index (χ0) is 9.30. The van der Waals surface area contributed by atoms with Crippen LogP contribution in [0.25, 0.3) is 0 Å². The highest BCUT2D eigenvalue weighted by atomic mass is 16.4. The SMILES string of the molecule is C[C@@H]1CC[C@H](C(=O)O)[C@@H]1C(=O)O. The van der Waals surface area contributed by atoms with E-state index in [1.807, 2.05) is 0 Å². The third-order valence-corrected chi connectivity index (χ3v) is 2.58. The van der Waals surface area contributed by atoms with E-state index < -0.39 is 23.8 Å². The molecule has 2 N–H and O–H groups in total. The van der Waals surface area contributed by atoms with Crippen LogP contribution < -0.4 is 0 Å². The molecule has 0 unspecified atom stereocenters. The molecule has 68 valence electrons. The molecule has 0 radical (unpaired) electrons. The van der Waals surface area contributed by atoms with Crippen LogP contribution in [0.2, 0.25) is 0 Å². The molecule has 0 bridgehead atoms. The number of hydrogen-bond acceptors (Lipinski definition) is 2. The van der Waals surface area contributed by atoms with E-state index in [-0.39, 0.29) is 5.92 Å². The van der Waals surface area contributed by atoms with Crippen LogP contribution in [0.1, 0.15) is 19.8 Å². The Morgan fingerprint density at radius 2 is 1.75 bits per heavy atom. The van der Waals surface area contributed by atoms with Gasteiger partial charge in [0.15, 0.2) is 0 Å². The summed E-state index contributed by atoms with van der Waals surface area (Å²) in [5.74, 6) is -3.34. The molecule has 1 aliphatic rings. The first-order valence-electron chi connectivity index (χ1n) is 3.99. The number of hydrogen-bond donors (Lipinski definition) is 2. The molecule has 3 atom stereocenters. The molecule has 0 aromatic carbocycles. The maximum atomic E-state index is 10.7. The molecular formula is C8H12O4. The van der Waals surface area contributed by atoms with Gasteiger partial charge in [0.25, 0.3) is 0 Å². The summed E-state index contributed by atoms with van der Waals surface area (Å²) < 4.78 is 0. The highest BCUT2D eigenvalue weighted by molar-refractivity contribution is 5.80. The molecule has 0 aliphatic heterocycles. The molecule has 0 amide bonds. The highest BCUT2D eigenvalue weighted by Crippen LogP contribution is 2.36. The smallest absolute Gasteiger partial charge is 0.307 e. The van der Waals surface area contributed by atoms with Gasteiger partial charge < -0.3 is 10.2 Å². The zero-order valence-corrected chi connectivity index (χ0v) is 6.86. The van der Waals surface area contributed by atoms with E-state index >= 15 is 0 Å². The summed E-state index contributed by atoms with van der Waals surface area (Å²) >= 11 is 0. The van der Waals surface area contributed by atoms with E-state index in [1.54, 1.807) is 6.92 Å². The maximum absolute atomic E-state index is 10.7. The molecule has 0 aromatic heterocycles. The summed E-state index contributed by atoms with van der Waals surface area (Å²) in [6, 6.07) is 0. The van der Waals surface area contributed by atoms with E-state index in [2.05, 4.69) is 0 Å². The van der Waals surface area contributed by atoms with Gasteiger partial charge >= 0.3 is 11.9 Å². The number of aliphatic carboxylic acids is 2. The molecule has 0 heterocycles.